The molecule has 12 heteroatoms. The largest absolute Gasteiger partial charge is 0.447 e. The van der Waals surface area contributed by atoms with Gasteiger partial charge in [-0.2, -0.15) is 13.2 Å². The van der Waals surface area contributed by atoms with Crippen LogP contribution in [0.2, 0.25) is 0 Å². The van der Waals surface area contributed by atoms with Gasteiger partial charge in [-0.15, -0.1) is 10.2 Å². The van der Waals surface area contributed by atoms with Crippen molar-refractivity contribution in [3.05, 3.63) is 59.5 Å². The Hall–Kier alpha value is -3.70. The number of aromatic nitrogens is 2. The molecule has 1 aromatic heterocycles. The zero-order valence-electron chi connectivity index (χ0n) is 14.8. The number of rotatable bonds is 4. The first kappa shape index (κ1) is 19.6. The van der Waals surface area contributed by atoms with Crippen LogP contribution in [0, 0.1) is 11.6 Å². The molecule has 1 atom stereocenters. The third-order valence-corrected chi connectivity index (χ3v) is 4.19. The second-order valence-electron chi connectivity index (χ2n) is 6.25. The number of ether oxygens (including phenoxy) is 1. The first-order valence-corrected chi connectivity index (χ1v) is 8.41. The van der Waals surface area contributed by atoms with Gasteiger partial charge in [0.1, 0.15) is 12.6 Å². The highest BCUT2D eigenvalue weighted by Gasteiger charge is 2.31. The Morgan fingerprint density at radius 3 is 2.40 bits per heavy atom. The summed E-state index contributed by atoms with van der Waals surface area (Å²) in [6.07, 6.45) is -5.18. The highest BCUT2D eigenvalue weighted by molar-refractivity contribution is 5.77. The second-order valence-corrected chi connectivity index (χ2v) is 6.25. The van der Waals surface area contributed by atoms with Gasteiger partial charge in [-0.1, -0.05) is 0 Å². The van der Waals surface area contributed by atoms with Gasteiger partial charge >= 0.3 is 12.3 Å². The van der Waals surface area contributed by atoms with Crippen LogP contribution >= 0.6 is 0 Å². The smallest absolute Gasteiger partial charge is 0.416 e. The highest BCUT2D eigenvalue weighted by Crippen LogP contribution is 2.34. The van der Waals surface area contributed by atoms with Gasteiger partial charge in [-0.25, -0.2) is 13.6 Å². The minimum absolute atomic E-state index is 0.0129. The van der Waals surface area contributed by atoms with Crippen LogP contribution in [0.25, 0.3) is 11.5 Å². The summed E-state index contributed by atoms with van der Waals surface area (Å²) in [5.74, 6) is -2.59. The van der Waals surface area contributed by atoms with E-state index >= 15 is 0 Å². The summed E-state index contributed by atoms with van der Waals surface area (Å²) in [5, 5.41) is 12.7. The maximum atomic E-state index is 13.8. The molecule has 7 nitrogen and oxygen atoms in total. The monoisotopic (exact) mass is 426 g/mol. The molecule has 1 amide bonds. The van der Waals surface area contributed by atoms with Crippen molar-refractivity contribution in [2.75, 3.05) is 11.9 Å². The van der Waals surface area contributed by atoms with Crippen LogP contribution in [0.1, 0.15) is 17.5 Å². The van der Waals surface area contributed by atoms with E-state index in [1.165, 1.54) is 0 Å². The number of alkyl carbamates (subject to hydrolysis) is 1. The molecule has 0 spiro atoms. The number of halogens is 5. The lowest BCUT2D eigenvalue weighted by Crippen LogP contribution is -2.18. The van der Waals surface area contributed by atoms with Crippen LogP contribution in [-0.4, -0.2) is 22.9 Å². The number of nitrogens with zero attached hydrogens (tertiary/aromatic N) is 2. The van der Waals surface area contributed by atoms with Gasteiger partial charge < -0.3 is 19.8 Å². The van der Waals surface area contributed by atoms with Crippen molar-refractivity contribution in [3.63, 3.8) is 0 Å². The summed E-state index contributed by atoms with van der Waals surface area (Å²) < 4.78 is 75.9. The zero-order chi connectivity index (χ0) is 21.5. The molecule has 1 aliphatic rings. The molecule has 2 N–H and O–H groups in total. The molecule has 0 aliphatic carbocycles. The van der Waals surface area contributed by atoms with Crippen LogP contribution in [0.3, 0.4) is 0 Å². The average Bonchev–Trinajstić information content (AvgIpc) is 3.33. The van der Waals surface area contributed by atoms with Crippen LogP contribution < -0.4 is 10.6 Å². The van der Waals surface area contributed by atoms with Crippen molar-refractivity contribution in [2.24, 2.45) is 0 Å². The van der Waals surface area contributed by atoms with Gasteiger partial charge in [0, 0.05) is 11.8 Å². The molecular weight excluding hydrogens is 415 g/mol. The van der Waals surface area contributed by atoms with Gasteiger partial charge in [-0.3, -0.25) is 0 Å². The molecule has 0 bridgehead atoms. The van der Waals surface area contributed by atoms with Crippen molar-refractivity contribution < 1.29 is 35.9 Å². The standard InChI is InChI=1S/C18H11F5N4O3/c19-11-5-10(15-26-27-16(30-15)14-7-29-17(28)25-14)13(6-12(11)20)24-9-3-1-8(2-4-9)18(21,22)23/h1-6,14,24H,7H2,(H,25,28). The van der Waals surface area contributed by atoms with Crippen LogP contribution in [-0.2, 0) is 10.9 Å². The summed E-state index contributed by atoms with van der Waals surface area (Å²) in [5.41, 5.74) is -0.722. The summed E-state index contributed by atoms with van der Waals surface area (Å²) in [6.45, 7) is -0.0467. The van der Waals surface area contributed by atoms with Gasteiger partial charge in [0.15, 0.2) is 11.6 Å². The van der Waals surface area contributed by atoms with Gasteiger partial charge in [0.05, 0.1) is 16.8 Å². The normalized spacial score (nSPS) is 16.3. The Balaban J connectivity index is 1.65. The number of benzene rings is 2. The SMILES string of the molecule is O=C1NC(c2nnc(-c3cc(F)c(F)cc3Nc3ccc(C(F)(F)F)cc3)o2)CO1. The number of alkyl halides is 3. The van der Waals surface area contributed by atoms with E-state index in [4.69, 9.17) is 9.15 Å². The molecule has 4 rings (SSSR count). The maximum Gasteiger partial charge on any atom is 0.416 e. The Kier molecular flexibility index (Phi) is 4.76. The molecular formula is C18H11F5N4O3. The molecule has 1 unspecified atom stereocenters. The van der Waals surface area contributed by atoms with E-state index in [9.17, 15) is 26.7 Å². The van der Waals surface area contributed by atoms with Gasteiger partial charge in [-0.05, 0) is 30.3 Å². The molecule has 1 aliphatic heterocycles. The quantitative estimate of drug-likeness (QED) is 0.595. The maximum absolute atomic E-state index is 13.8. The summed E-state index contributed by atoms with van der Waals surface area (Å²) >= 11 is 0. The molecule has 0 radical (unpaired) electrons. The number of anilines is 2. The molecule has 156 valence electrons. The van der Waals surface area contributed by atoms with E-state index in [-0.39, 0.29) is 35.3 Å². The summed E-state index contributed by atoms with van der Waals surface area (Å²) in [4.78, 5) is 11.1. The van der Waals surface area contributed by atoms with Crippen molar-refractivity contribution in [3.8, 4) is 11.5 Å². The fraction of sp³-hybridized carbons (Fsp3) is 0.167. The molecule has 2 heterocycles. The Bertz CT molecular complexity index is 1100. The van der Waals surface area contributed by atoms with Crippen molar-refractivity contribution >= 4 is 17.5 Å². The number of cyclic esters (lactones) is 1. The van der Waals surface area contributed by atoms with Crippen LogP contribution in [0.15, 0.2) is 40.8 Å². The van der Waals surface area contributed by atoms with E-state index in [1.54, 1.807) is 0 Å². The first-order chi connectivity index (χ1) is 14.2. The number of carbonyl (C=O) groups is 1. The summed E-state index contributed by atoms with van der Waals surface area (Å²) in [7, 11) is 0. The molecule has 3 aromatic rings. The Labute approximate surface area is 164 Å². The van der Waals surface area contributed by atoms with Crippen molar-refractivity contribution in [1.29, 1.82) is 0 Å². The lowest BCUT2D eigenvalue weighted by atomic mass is 10.1. The van der Waals surface area contributed by atoms with E-state index in [0.29, 0.717) is 0 Å². The highest BCUT2D eigenvalue weighted by atomic mass is 19.4. The third-order valence-electron chi connectivity index (χ3n) is 4.19. The topological polar surface area (TPSA) is 89.3 Å². The minimum Gasteiger partial charge on any atom is -0.447 e. The average molecular weight is 426 g/mol. The predicted molar refractivity (Wildman–Crippen MR) is 91.6 cm³/mol. The molecule has 1 fully saturated rings. The first-order valence-electron chi connectivity index (χ1n) is 8.41. The van der Waals surface area contributed by atoms with E-state index in [0.717, 1.165) is 36.4 Å². The van der Waals surface area contributed by atoms with Crippen molar-refractivity contribution in [2.45, 2.75) is 12.2 Å². The van der Waals surface area contributed by atoms with Crippen LogP contribution in [0.4, 0.5) is 38.1 Å². The molecule has 1 saturated heterocycles. The Morgan fingerprint density at radius 2 is 1.77 bits per heavy atom. The fourth-order valence-corrected chi connectivity index (χ4v) is 2.73. The number of hydrogen-bond donors (Lipinski definition) is 2. The molecule has 0 saturated carbocycles. The zero-order valence-corrected chi connectivity index (χ0v) is 14.8. The van der Waals surface area contributed by atoms with E-state index in [2.05, 4.69) is 20.8 Å². The fourth-order valence-electron chi connectivity index (χ4n) is 2.73. The lowest BCUT2D eigenvalue weighted by molar-refractivity contribution is -0.137. The number of hydrogen-bond acceptors (Lipinski definition) is 6. The predicted octanol–water partition coefficient (Wildman–Crippen LogP) is 4.56. The van der Waals surface area contributed by atoms with E-state index in [1.807, 2.05) is 0 Å². The molecule has 2 aromatic carbocycles. The van der Waals surface area contributed by atoms with Gasteiger partial charge in [0.2, 0.25) is 11.8 Å². The van der Waals surface area contributed by atoms with Gasteiger partial charge in [0.25, 0.3) is 0 Å². The number of amides is 1. The number of carbonyl (C=O) groups excluding carboxylic acids is 1. The lowest BCUT2D eigenvalue weighted by Gasteiger charge is -2.12. The number of nitrogens with one attached hydrogen (secondary N) is 2. The van der Waals surface area contributed by atoms with Crippen molar-refractivity contribution in [1.82, 2.24) is 15.5 Å². The minimum atomic E-state index is -4.51. The van der Waals surface area contributed by atoms with E-state index < -0.39 is 35.5 Å². The summed E-state index contributed by atoms with van der Waals surface area (Å²) in [6, 6.07) is 4.88. The third kappa shape index (κ3) is 3.88. The molecule has 30 heavy (non-hydrogen) atoms. The Morgan fingerprint density at radius 1 is 1.07 bits per heavy atom. The second kappa shape index (κ2) is 7.28. The van der Waals surface area contributed by atoms with Crippen LogP contribution in [0.5, 0.6) is 0 Å².